The Balaban J connectivity index is 0. The van der Waals surface area contributed by atoms with Gasteiger partial charge in [-0.3, -0.25) is 4.99 Å². The molecule has 0 aromatic rings. The Kier molecular flexibility index (Phi) is 17.2. The summed E-state index contributed by atoms with van der Waals surface area (Å²) in [4.78, 5) is 6.09. The van der Waals surface area contributed by atoms with E-state index in [0.29, 0.717) is 18.0 Å². The van der Waals surface area contributed by atoms with Crippen LogP contribution in [0.4, 0.5) is 0 Å². The van der Waals surface area contributed by atoms with Crippen molar-refractivity contribution in [2.75, 3.05) is 46.8 Å². The molecule has 0 aliphatic rings. The van der Waals surface area contributed by atoms with Crippen molar-refractivity contribution in [1.82, 2.24) is 15.5 Å². The van der Waals surface area contributed by atoms with Gasteiger partial charge >= 0.3 is 0 Å². The lowest BCUT2D eigenvalue weighted by Crippen LogP contribution is -2.41. The molecule has 0 rings (SSSR count). The van der Waals surface area contributed by atoms with Crippen LogP contribution in [0, 0.1) is 11.8 Å². The van der Waals surface area contributed by atoms with Gasteiger partial charge in [-0.2, -0.15) is 0 Å². The van der Waals surface area contributed by atoms with E-state index in [2.05, 4.69) is 76.2 Å². The van der Waals surface area contributed by atoms with Gasteiger partial charge in [0.1, 0.15) is 0 Å². The van der Waals surface area contributed by atoms with Crippen LogP contribution in [0.15, 0.2) is 4.99 Å². The van der Waals surface area contributed by atoms with Crippen molar-refractivity contribution in [2.24, 2.45) is 28.3 Å². The van der Waals surface area contributed by atoms with Gasteiger partial charge in [0.15, 0.2) is 5.96 Å². The highest BCUT2D eigenvalue weighted by Gasteiger charge is 2.16. The van der Waals surface area contributed by atoms with Crippen LogP contribution in [0.1, 0.15) is 60.8 Å². The fraction of sp³-hybridized carbons (Fsp3) is 0.950. The summed E-state index contributed by atoms with van der Waals surface area (Å²) in [5.41, 5.74) is 10.6. The maximum absolute atomic E-state index is 5.13. The predicted molar refractivity (Wildman–Crippen MR) is 118 cm³/mol. The van der Waals surface area contributed by atoms with Gasteiger partial charge in [0.05, 0.1) is 6.54 Å². The van der Waals surface area contributed by atoms with E-state index in [-0.39, 0.29) is 5.96 Å². The van der Waals surface area contributed by atoms with E-state index in [4.69, 9.17) is 11.5 Å². The minimum atomic E-state index is 0.163. The Morgan fingerprint density at radius 2 is 1.58 bits per heavy atom. The highest BCUT2D eigenvalue weighted by Crippen LogP contribution is 2.13. The Hall–Kier alpha value is -0.850. The molecule has 0 aliphatic heterocycles. The van der Waals surface area contributed by atoms with Gasteiger partial charge in [0.25, 0.3) is 0 Å². The molecule has 0 radical (unpaired) electrons. The smallest absolute Gasteiger partial charge is 0.185 e. The number of nitrogens with two attached hydrogens (primary N) is 2. The molecule has 0 fully saturated rings. The topological polar surface area (TPSA) is 91.7 Å². The van der Waals surface area contributed by atoms with Crippen LogP contribution in [-0.4, -0.2) is 63.2 Å². The molecule has 0 aliphatic carbocycles. The minimum Gasteiger partial charge on any atom is -0.370 e. The lowest BCUT2D eigenvalue weighted by molar-refractivity contribution is 0.317. The molecule has 26 heavy (non-hydrogen) atoms. The zero-order valence-corrected chi connectivity index (χ0v) is 18.9. The number of unbranched alkanes of at least 4 members (excludes halogenated alkanes) is 1. The summed E-state index contributed by atoms with van der Waals surface area (Å²) in [7, 11) is 4.28. The van der Waals surface area contributed by atoms with Crippen LogP contribution in [0.2, 0.25) is 0 Å². The molecule has 0 atom stereocenters. The quantitative estimate of drug-likeness (QED) is 0.226. The van der Waals surface area contributed by atoms with Crippen LogP contribution < -0.4 is 22.1 Å². The number of guanidine groups is 1. The Bertz CT molecular complexity index is 333. The Labute approximate surface area is 163 Å². The van der Waals surface area contributed by atoms with Gasteiger partial charge in [-0.1, -0.05) is 34.1 Å². The molecule has 0 saturated heterocycles. The number of rotatable bonds is 13. The molecule has 6 N–H and O–H groups in total. The minimum absolute atomic E-state index is 0.163. The molecule has 0 aromatic carbocycles. The first-order valence-electron chi connectivity index (χ1n) is 10.1. The number of nitrogens with one attached hydrogen (secondary N) is 2. The van der Waals surface area contributed by atoms with E-state index in [1.807, 2.05) is 0 Å². The molecule has 0 heterocycles. The van der Waals surface area contributed by atoms with Crippen LogP contribution >= 0.6 is 0 Å². The number of aliphatic imine (C=N–C) groups is 1. The van der Waals surface area contributed by atoms with E-state index in [0.717, 1.165) is 25.6 Å². The van der Waals surface area contributed by atoms with Gasteiger partial charge in [-0.05, 0) is 72.3 Å². The molecule has 0 aromatic heterocycles. The molecule has 0 spiro atoms. The first-order valence-corrected chi connectivity index (χ1v) is 10.1. The maximum Gasteiger partial charge on any atom is 0.185 e. The molecular weight excluding hydrogens is 324 g/mol. The van der Waals surface area contributed by atoms with E-state index in [1.54, 1.807) is 0 Å². The van der Waals surface area contributed by atoms with Crippen LogP contribution in [0.5, 0.6) is 0 Å². The highest BCUT2D eigenvalue weighted by molar-refractivity contribution is 5.75. The maximum atomic E-state index is 5.13. The molecule has 6 nitrogen and oxygen atoms in total. The lowest BCUT2D eigenvalue weighted by atomic mass is 9.96. The normalized spacial score (nSPS) is 11.7. The third kappa shape index (κ3) is 25.4. The first-order chi connectivity index (χ1) is 12.0. The average molecular weight is 373 g/mol. The molecule has 0 unspecified atom stereocenters. The van der Waals surface area contributed by atoms with Gasteiger partial charge < -0.3 is 27.0 Å². The summed E-state index contributed by atoms with van der Waals surface area (Å²) >= 11 is 0. The van der Waals surface area contributed by atoms with Crippen molar-refractivity contribution in [1.29, 1.82) is 0 Å². The largest absolute Gasteiger partial charge is 0.370 e. The van der Waals surface area contributed by atoms with Crippen molar-refractivity contribution in [3.8, 4) is 0 Å². The predicted octanol–water partition coefficient (Wildman–Crippen LogP) is 2.25. The SMILES string of the molecule is CC(C)CNC(C)(C)CCCCN(C)C.CC(C)CNCCN=C(N)N. The highest BCUT2D eigenvalue weighted by atomic mass is 15.0. The van der Waals surface area contributed by atoms with Gasteiger partial charge in [-0.15, -0.1) is 0 Å². The first kappa shape index (κ1) is 27.4. The Morgan fingerprint density at radius 3 is 2.04 bits per heavy atom. The van der Waals surface area contributed by atoms with Crippen molar-refractivity contribution in [3.05, 3.63) is 0 Å². The van der Waals surface area contributed by atoms with Gasteiger partial charge in [0.2, 0.25) is 0 Å². The van der Waals surface area contributed by atoms with Crippen LogP contribution in [0.3, 0.4) is 0 Å². The molecule has 158 valence electrons. The number of hydrogen-bond acceptors (Lipinski definition) is 4. The molecule has 0 amide bonds. The third-order valence-electron chi connectivity index (χ3n) is 3.78. The van der Waals surface area contributed by atoms with E-state index in [9.17, 15) is 0 Å². The molecule has 6 heteroatoms. The summed E-state index contributed by atoms with van der Waals surface area (Å²) < 4.78 is 0. The third-order valence-corrected chi connectivity index (χ3v) is 3.78. The van der Waals surface area contributed by atoms with Crippen LogP contribution in [0.25, 0.3) is 0 Å². The number of hydrogen-bond donors (Lipinski definition) is 4. The monoisotopic (exact) mass is 372 g/mol. The van der Waals surface area contributed by atoms with Crippen molar-refractivity contribution >= 4 is 5.96 Å². The standard InChI is InChI=1S/C13H30N2.C7H18N4/c1-12(2)11-14-13(3,4)9-7-8-10-15(5)6;1-6(2)5-10-3-4-11-7(8)9/h12,14H,7-11H2,1-6H3;6,10H,3-5H2,1-2H3,(H4,8,9,11). The molecular formula is C20H48N6. The van der Waals surface area contributed by atoms with Crippen molar-refractivity contribution in [3.63, 3.8) is 0 Å². The zero-order valence-electron chi connectivity index (χ0n) is 18.9. The second-order valence-electron chi connectivity index (χ2n) is 8.82. The van der Waals surface area contributed by atoms with Gasteiger partial charge in [-0.25, -0.2) is 0 Å². The second kappa shape index (κ2) is 16.3. The van der Waals surface area contributed by atoms with Gasteiger partial charge in [0, 0.05) is 12.1 Å². The summed E-state index contributed by atoms with van der Waals surface area (Å²) in [6.45, 7) is 18.3. The van der Waals surface area contributed by atoms with Crippen LogP contribution in [-0.2, 0) is 0 Å². The van der Waals surface area contributed by atoms with E-state index in [1.165, 1.54) is 25.8 Å². The molecule has 0 saturated carbocycles. The van der Waals surface area contributed by atoms with E-state index < -0.39 is 0 Å². The van der Waals surface area contributed by atoms with E-state index >= 15 is 0 Å². The fourth-order valence-corrected chi connectivity index (χ4v) is 2.22. The second-order valence-corrected chi connectivity index (χ2v) is 8.82. The van der Waals surface area contributed by atoms with Crippen molar-refractivity contribution < 1.29 is 0 Å². The zero-order chi connectivity index (χ0) is 20.6. The Morgan fingerprint density at radius 1 is 1.00 bits per heavy atom. The fourth-order valence-electron chi connectivity index (χ4n) is 2.22. The van der Waals surface area contributed by atoms with Crippen molar-refractivity contribution in [2.45, 2.75) is 66.3 Å². The summed E-state index contributed by atoms with van der Waals surface area (Å²) in [5, 5.41) is 6.85. The number of nitrogens with zero attached hydrogens (tertiary/aromatic N) is 2. The average Bonchev–Trinajstić information content (AvgIpc) is 2.49. The summed E-state index contributed by atoms with van der Waals surface area (Å²) in [6.07, 6.45) is 3.89. The molecule has 0 bridgehead atoms. The summed E-state index contributed by atoms with van der Waals surface area (Å²) in [5.74, 6) is 1.58. The lowest BCUT2D eigenvalue weighted by Gasteiger charge is -2.27. The summed E-state index contributed by atoms with van der Waals surface area (Å²) in [6, 6.07) is 0.